The van der Waals surface area contributed by atoms with Gasteiger partial charge in [-0.25, -0.2) is 17.9 Å². The predicted octanol–water partition coefficient (Wildman–Crippen LogP) is 2.34. The van der Waals surface area contributed by atoms with Crippen LogP contribution in [0.3, 0.4) is 0 Å². The fraction of sp³-hybridized carbons (Fsp3) is 0.364. The number of rotatable bonds is 6. The molecule has 1 atom stereocenters. The number of anilines is 2. The van der Waals surface area contributed by atoms with Crippen LogP contribution in [-0.2, 0) is 19.6 Å². The smallest absolute Gasteiger partial charge is 0.414 e. The van der Waals surface area contributed by atoms with E-state index in [0.29, 0.717) is 22.5 Å². The van der Waals surface area contributed by atoms with Gasteiger partial charge in [-0.15, -0.1) is 0 Å². The average Bonchev–Trinajstić information content (AvgIpc) is 2.76. The minimum atomic E-state index is -3.78. The standard InChI is InChI=1S/C22H27N3O6S/c1-4-31-22(28)24-14-15(2)25(16(3)27)20-9-8-18(13-21(20)24)17-6-5-7-19(12-17)32(29,30)23-10-11-26/h5-9,12-13,15,23,26H,4,10-11,14H2,1-3H3. The van der Waals surface area contributed by atoms with Crippen molar-refractivity contribution in [2.24, 2.45) is 0 Å². The minimum Gasteiger partial charge on any atom is -0.449 e. The lowest BCUT2D eigenvalue weighted by Gasteiger charge is -2.40. The molecule has 0 fully saturated rings. The number of carbonyl (C=O) groups is 2. The lowest BCUT2D eigenvalue weighted by atomic mass is 10.0. The Balaban J connectivity index is 2.08. The summed E-state index contributed by atoms with van der Waals surface area (Å²) in [5.74, 6) is -0.141. The largest absolute Gasteiger partial charge is 0.449 e. The highest BCUT2D eigenvalue weighted by Crippen LogP contribution is 2.39. The van der Waals surface area contributed by atoms with Crippen molar-refractivity contribution in [3.63, 3.8) is 0 Å². The first-order valence-electron chi connectivity index (χ1n) is 10.3. The maximum atomic E-state index is 12.6. The molecule has 0 aliphatic carbocycles. The summed E-state index contributed by atoms with van der Waals surface area (Å²) in [5, 5.41) is 8.91. The summed E-state index contributed by atoms with van der Waals surface area (Å²) >= 11 is 0. The van der Waals surface area contributed by atoms with Gasteiger partial charge in [0.1, 0.15) is 0 Å². The summed E-state index contributed by atoms with van der Waals surface area (Å²) in [4.78, 5) is 28.1. The molecule has 0 saturated heterocycles. The maximum absolute atomic E-state index is 12.6. The van der Waals surface area contributed by atoms with Crippen molar-refractivity contribution in [2.75, 3.05) is 36.1 Å². The van der Waals surface area contributed by atoms with E-state index in [-0.39, 0.29) is 43.1 Å². The Morgan fingerprint density at radius 2 is 1.88 bits per heavy atom. The lowest BCUT2D eigenvalue weighted by molar-refractivity contribution is -0.117. The van der Waals surface area contributed by atoms with E-state index in [2.05, 4.69) is 4.72 Å². The number of hydrogen-bond acceptors (Lipinski definition) is 6. The number of benzene rings is 2. The summed E-state index contributed by atoms with van der Waals surface area (Å²) in [6.45, 7) is 5.16. The number of nitrogens with one attached hydrogen (secondary N) is 1. The van der Waals surface area contributed by atoms with Gasteiger partial charge in [-0.1, -0.05) is 18.2 Å². The molecule has 0 bridgehead atoms. The molecule has 2 amide bonds. The van der Waals surface area contributed by atoms with Crippen LogP contribution in [-0.4, -0.2) is 57.9 Å². The zero-order chi connectivity index (χ0) is 23.5. The van der Waals surface area contributed by atoms with Crippen LogP contribution in [0.15, 0.2) is 47.4 Å². The van der Waals surface area contributed by atoms with Crippen LogP contribution < -0.4 is 14.5 Å². The highest BCUT2D eigenvalue weighted by atomic mass is 32.2. The van der Waals surface area contributed by atoms with Gasteiger partial charge in [-0.3, -0.25) is 9.69 Å². The van der Waals surface area contributed by atoms with Crippen molar-refractivity contribution < 1.29 is 27.9 Å². The molecule has 0 spiro atoms. The quantitative estimate of drug-likeness (QED) is 0.682. The fourth-order valence-corrected chi connectivity index (χ4v) is 4.83. The van der Waals surface area contributed by atoms with Gasteiger partial charge in [0.2, 0.25) is 15.9 Å². The molecule has 0 radical (unpaired) electrons. The van der Waals surface area contributed by atoms with Crippen molar-refractivity contribution in [3.05, 3.63) is 42.5 Å². The van der Waals surface area contributed by atoms with E-state index >= 15 is 0 Å². The van der Waals surface area contributed by atoms with Crippen LogP contribution in [0.5, 0.6) is 0 Å². The highest BCUT2D eigenvalue weighted by molar-refractivity contribution is 7.89. The molecule has 0 aromatic heterocycles. The Morgan fingerprint density at radius 1 is 1.16 bits per heavy atom. The van der Waals surface area contributed by atoms with E-state index < -0.39 is 16.1 Å². The molecular weight excluding hydrogens is 434 g/mol. The van der Waals surface area contributed by atoms with Crippen molar-refractivity contribution >= 4 is 33.4 Å². The van der Waals surface area contributed by atoms with Crippen LogP contribution in [0.1, 0.15) is 20.8 Å². The molecule has 3 rings (SSSR count). The van der Waals surface area contributed by atoms with Gasteiger partial charge in [-0.05, 0) is 49.2 Å². The van der Waals surface area contributed by atoms with E-state index in [1.165, 1.54) is 24.0 Å². The Bertz CT molecular complexity index is 1120. The van der Waals surface area contributed by atoms with Gasteiger partial charge < -0.3 is 14.7 Å². The fourth-order valence-electron chi connectivity index (χ4n) is 3.76. The first-order valence-corrected chi connectivity index (χ1v) is 11.8. The number of sulfonamides is 1. The summed E-state index contributed by atoms with van der Waals surface area (Å²) in [6, 6.07) is 11.4. The van der Waals surface area contributed by atoms with Gasteiger partial charge in [0.15, 0.2) is 0 Å². The zero-order valence-electron chi connectivity index (χ0n) is 18.2. The van der Waals surface area contributed by atoms with Crippen LogP contribution in [0, 0.1) is 0 Å². The first-order chi connectivity index (χ1) is 15.2. The molecule has 1 heterocycles. The Kier molecular flexibility index (Phi) is 7.17. The van der Waals surface area contributed by atoms with Gasteiger partial charge in [-0.2, -0.15) is 0 Å². The van der Waals surface area contributed by atoms with Crippen molar-refractivity contribution in [1.82, 2.24) is 4.72 Å². The van der Waals surface area contributed by atoms with E-state index in [0.717, 1.165) is 0 Å². The maximum Gasteiger partial charge on any atom is 0.414 e. The summed E-state index contributed by atoms with van der Waals surface area (Å²) in [5.41, 5.74) is 2.40. The Morgan fingerprint density at radius 3 is 2.53 bits per heavy atom. The second kappa shape index (κ2) is 9.68. The van der Waals surface area contributed by atoms with Crippen LogP contribution >= 0.6 is 0 Å². The van der Waals surface area contributed by atoms with E-state index in [1.54, 1.807) is 42.2 Å². The third kappa shape index (κ3) is 4.77. The average molecular weight is 462 g/mol. The van der Waals surface area contributed by atoms with Crippen molar-refractivity contribution in [1.29, 1.82) is 0 Å². The Hall–Kier alpha value is -2.95. The third-order valence-corrected chi connectivity index (χ3v) is 6.58. The van der Waals surface area contributed by atoms with E-state index in [9.17, 15) is 18.0 Å². The number of nitrogens with zero attached hydrogens (tertiary/aromatic N) is 2. The molecule has 0 saturated carbocycles. The molecule has 2 N–H and O–H groups in total. The number of ether oxygens (including phenoxy) is 1. The van der Waals surface area contributed by atoms with Gasteiger partial charge in [0.25, 0.3) is 0 Å². The number of carbonyl (C=O) groups excluding carboxylic acids is 2. The first kappa shape index (κ1) is 23.7. The van der Waals surface area contributed by atoms with Gasteiger partial charge in [0.05, 0.1) is 35.5 Å². The number of aliphatic hydroxyl groups is 1. The lowest BCUT2D eigenvalue weighted by Crippen LogP contribution is -2.51. The Labute approximate surface area is 187 Å². The normalized spacial score (nSPS) is 15.9. The second-order valence-electron chi connectivity index (χ2n) is 7.40. The summed E-state index contributed by atoms with van der Waals surface area (Å²) in [7, 11) is -3.78. The number of amides is 2. The number of aliphatic hydroxyl groups excluding tert-OH is 1. The second-order valence-corrected chi connectivity index (χ2v) is 9.17. The number of hydrogen-bond donors (Lipinski definition) is 2. The van der Waals surface area contributed by atoms with Gasteiger partial charge in [0, 0.05) is 20.0 Å². The van der Waals surface area contributed by atoms with E-state index in [1.807, 2.05) is 6.92 Å². The van der Waals surface area contributed by atoms with E-state index in [4.69, 9.17) is 9.84 Å². The van der Waals surface area contributed by atoms with Crippen LogP contribution in [0.25, 0.3) is 11.1 Å². The minimum absolute atomic E-state index is 0.0578. The molecule has 172 valence electrons. The predicted molar refractivity (Wildman–Crippen MR) is 121 cm³/mol. The van der Waals surface area contributed by atoms with Crippen molar-refractivity contribution in [3.8, 4) is 11.1 Å². The third-order valence-electron chi connectivity index (χ3n) is 5.12. The molecule has 2 aromatic rings. The van der Waals surface area contributed by atoms with Crippen LogP contribution in [0.4, 0.5) is 16.2 Å². The molecule has 9 nitrogen and oxygen atoms in total. The SMILES string of the molecule is CCOC(=O)N1CC(C)N(C(C)=O)c2ccc(-c3cccc(S(=O)(=O)NCCO)c3)cc21. The molecule has 1 aliphatic heterocycles. The monoisotopic (exact) mass is 461 g/mol. The zero-order valence-corrected chi connectivity index (χ0v) is 19.1. The molecule has 2 aromatic carbocycles. The van der Waals surface area contributed by atoms with Gasteiger partial charge >= 0.3 is 6.09 Å². The molecule has 1 unspecified atom stereocenters. The molecule has 1 aliphatic rings. The van der Waals surface area contributed by atoms with Crippen LogP contribution in [0.2, 0.25) is 0 Å². The summed E-state index contributed by atoms with van der Waals surface area (Å²) < 4.78 is 32.4. The summed E-state index contributed by atoms with van der Waals surface area (Å²) in [6.07, 6.45) is -0.509. The topological polar surface area (TPSA) is 116 Å². The van der Waals surface area contributed by atoms with Crippen molar-refractivity contribution in [2.45, 2.75) is 31.7 Å². The number of fused-ring (bicyclic) bond motifs is 1. The molecule has 10 heteroatoms. The highest BCUT2D eigenvalue weighted by Gasteiger charge is 2.34. The molecular formula is C22H27N3O6S. The molecule has 32 heavy (non-hydrogen) atoms.